The van der Waals surface area contributed by atoms with Gasteiger partial charge < -0.3 is 4.74 Å². The minimum absolute atomic E-state index is 0.0313. The van der Waals surface area contributed by atoms with Crippen LogP contribution in [0.1, 0.15) is 20.7 Å². The summed E-state index contributed by atoms with van der Waals surface area (Å²) in [5, 5.41) is 1.60. The zero-order valence-electron chi connectivity index (χ0n) is 19.8. The normalized spacial score (nSPS) is 11.2. The highest BCUT2D eigenvalue weighted by atomic mass is 79.9. The Morgan fingerprint density at radius 2 is 1.26 bits per heavy atom. The van der Waals surface area contributed by atoms with Gasteiger partial charge >= 0.3 is 5.97 Å². The molecule has 5 aromatic rings. The monoisotopic (exact) mass is 585 g/mol. The minimum atomic E-state index is -4.33. The molecule has 0 N–H and O–H groups in total. The van der Waals surface area contributed by atoms with Gasteiger partial charge in [0.1, 0.15) is 5.75 Å². The number of anilines is 1. The lowest BCUT2D eigenvalue weighted by atomic mass is 10.1. The zero-order valence-corrected chi connectivity index (χ0v) is 22.2. The Bertz CT molecular complexity index is 1760. The number of hydrogen-bond acceptors (Lipinski definition) is 5. The van der Waals surface area contributed by atoms with Crippen LogP contribution in [-0.2, 0) is 10.0 Å². The quantitative estimate of drug-likeness (QED) is 0.161. The molecule has 188 valence electrons. The summed E-state index contributed by atoms with van der Waals surface area (Å²) in [6.45, 7) is 0. The molecule has 0 aliphatic rings. The molecule has 0 aliphatic heterocycles. The number of esters is 1. The van der Waals surface area contributed by atoms with Gasteiger partial charge in [-0.1, -0.05) is 66.7 Å². The maximum Gasteiger partial charge on any atom is 0.343 e. The van der Waals surface area contributed by atoms with Crippen molar-refractivity contribution in [1.29, 1.82) is 0 Å². The lowest BCUT2D eigenvalue weighted by molar-refractivity contribution is 0.0733. The Kier molecular flexibility index (Phi) is 7.09. The number of carbonyl (C=O) groups is 2. The Hall–Kier alpha value is -4.27. The fraction of sp³-hybridized carbons (Fsp3) is 0. The van der Waals surface area contributed by atoms with E-state index in [1.807, 2.05) is 24.3 Å². The number of sulfonamides is 1. The highest BCUT2D eigenvalue weighted by molar-refractivity contribution is 9.10. The fourth-order valence-electron chi connectivity index (χ4n) is 3.93. The van der Waals surface area contributed by atoms with Crippen LogP contribution in [0.15, 0.2) is 131 Å². The molecule has 0 saturated carbocycles. The molecule has 0 heterocycles. The smallest absolute Gasteiger partial charge is 0.343 e. The van der Waals surface area contributed by atoms with E-state index in [2.05, 4.69) is 15.9 Å². The van der Waals surface area contributed by atoms with E-state index in [0.29, 0.717) is 10.0 Å². The molecular formula is C30H20BrNO5S. The third kappa shape index (κ3) is 5.09. The summed E-state index contributed by atoms with van der Waals surface area (Å²) in [7, 11) is -4.33. The summed E-state index contributed by atoms with van der Waals surface area (Å²) in [6.07, 6.45) is 0. The van der Waals surface area contributed by atoms with Gasteiger partial charge in [0, 0.05) is 5.56 Å². The maximum absolute atomic E-state index is 14.0. The van der Waals surface area contributed by atoms with Crippen LogP contribution in [0.4, 0.5) is 5.69 Å². The van der Waals surface area contributed by atoms with Crippen LogP contribution < -0.4 is 9.04 Å². The van der Waals surface area contributed by atoms with E-state index in [0.717, 1.165) is 15.1 Å². The molecule has 5 aromatic carbocycles. The van der Waals surface area contributed by atoms with Crippen molar-refractivity contribution < 1.29 is 22.7 Å². The second-order valence-corrected chi connectivity index (χ2v) is 11.0. The van der Waals surface area contributed by atoms with Crippen LogP contribution in [-0.4, -0.2) is 20.3 Å². The van der Waals surface area contributed by atoms with Gasteiger partial charge in [-0.25, -0.2) is 13.2 Å². The Morgan fingerprint density at radius 3 is 1.92 bits per heavy atom. The van der Waals surface area contributed by atoms with Crippen molar-refractivity contribution in [3.8, 4) is 5.75 Å². The second kappa shape index (κ2) is 10.6. The summed E-state index contributed by atoms with van der Waals surface area (Å²) in [6, 6.07) is 33.1. The van der Waals surface area contributed by atoms with Crippen molar-refractivity contribution in [2.75, 3.05) is 4.31 Å². The van der Waals surface area contributed by atoms with E-state index < -0.39 is 21.9 Å². The third-order valence-corrected chi connectivity index (χ3v) is 8.15. The molecule has 0 spiro atoms. The number of fused-ring (bicyclic) bond motifs is 1. The van der Waals surface area contributed by atoms with Gasteiger partial charge in [-0.3, -0.25) is 4.79 Å². The van der Waals surface area contributed by atoms with Crippen molar-refractivity contribution in [1.82, 2.24) is 0 Å². The number of amides is 1. The average molecular weight is 586 g/mol. The van der Waals surface area contributed by atoms with Crippen LogP contribution in [0.25, 0.3) is 10.8 Å². The average Bonchev–Trinajstić information content (AvgIpc) is 2.95. The van der Waals surface area contributed by atoms with Crippen LogP contribution in [0.2, 0.25) is 0 Å². The van der Waals surface area contributed by atoms with Gasteiger partial charge in [-0.05, 0) is 81.3 Å². The van der Waals surface area contributed by atoms with Gasteiger partial charge in [-0.2, -0.15) is 4.31 Å². The van der Waals surface area contributed by atoms with Crippen molar-refractivity contribution in [2.45, 2.75) is 4.90 Å². The lowest BCUT2D eigenvalue weighted by Crippen LogP contribution is -2.37. The van der Waals surface area contributed by atoms with E-state index in [1.165, 1.54) is 24.3 Å². The third-order valence-electron chi connectivity index (χ3n) is 5.83. The lowest BCUT2D eigenvalue weighted by Gasteiger charge is -2.23. The number of halogens is 1. The fourth-order valence-corrected chi connectivity index (χ4v) is 5.82. The first-order valence-electron chi connectivity index (χ1n) is 11.5. The molecule has 8 heteroatoms. The van der Waals surface area contributed by atoms with E-state index >= 15 is 0 Å². The molecule has 0 atom stereocenters. The van der Waals surface area contributed by atoms with E-state index in [-0.39, 0.29) is 21.9 Å². The summed E-state index contributed by atoms with van der Waals surface area (Å²) in [5.41, 5.74) is 0.647. The van der Waals surface area contributed by atoms with E-state index in [9.17, 15) is 18.0 Å². The van der Waals surface area contributed by atoms with Crippen LogP contribution in [0.5, 0.6) is 5.75 Å². The molecule has 0 aliphatic carbocycles. The SMILES string of the molecule is O=C(Oc1ccc(N(C(=O)c2ccccc2)S(=O)(=O)c2ccc3ccccc3c2)cc1Br)c1ccccc1. The molecular weight excluding hydrogens is 566 g/mol. The number of rotatable bonds is 6. The number of benzene rings is 5. The maximum atomic E-state index is 14.0. The first kappa shape index (κ1) is 25.4. The first-order valence-corrected chi connectivity index (χ1v) is 13.8. The summed E-state index contributed by atoms with van der Waals surface area (Å²) < 4.78 is 34.5. The van der Waals surface area contributed by atoms with Crippen molar-refractivity contribution in [3.05, 3.63) is 137 Å². The summed E-state index contributed by atoms with van der Waals surface area (Å²) >= 11 is 3.37. The number of carbonyl (C=O) groups excluding carboxylic acids is 2. The van der Waals surface area contributed by atoms with Crippen LogP contribution >= 0.6 is 15.9 Å². The molecule has 0 fully saturated rings. The van der Waals surface area contributed by atoms with Crippen LogP contribution in [0.3, 0.4) is 0 Å². The Balaban J connectivity index is 1.57. The minimum Gasteiger partial charge on any atom is -0.422 e. The zero-order chi connectivity index (χ0) is 26.7. The summed E-state index contributed by atoms with van der Waals surface area (Å²) in [5.74, 6) is -1.11. The molecule has 0 saturated heterocycles. The van der Waals surface area contributed by atoms with Crippen molar-refractivity contribution in [2.24, 2.45) is 0 Å². The van der Waals surface area contributed by atoms with Gasteiger partial charge in [0.15, 0.2) is 0 Å². The van der Waals surface area contributed by atoms with Gasteiger partial charge in [0.05, 0.1) is 20.6 Å². The first-order chi connectivity index (χ1) is 18.3. The number of nitrogens with zero attached hydrogens (tertiary/aromatic N) is 1. The largest absolute Gasteiger partial charge is 0.422 e. The summed E-state index contributed by atoms with van der Waals surface area (Å²) in [4.78, 5) is 26.1. The molecule has 0 radical (unpaired) electrons. The Morgan fingerprint density at radius 1 is 0.658 bits per heavy atom. The highest BCUT2D eigenvalue weighted by Gasteiger charge is 2.32. The molecule has 5 rings (SSSR count). The number of hydrogen-bond donors (Lipinski definition) is 0. The molecule has 0 aromatic heterocycles. The van der Waals surface area contributed by atoms with Gasteiger partial charge in [0.2, 0.25) is 0 Å². The topological polar surface area (TPSA) is 80.8 Å². The molecule has 1 amide bonds. The van der Waals surface area contributed by atoms with Crippen molar-refractivity contribution in [3.63, 3.8) is 0 Å². The van der Waals surface area contributed by atoms with Crippen LogP contribution in [0, 0.1) is 0 Å². The van der Waals surface area contributed by atoms with Gasteiger partial charge in [-0.15, -0.1) is 0 Å². The molecule has 0 bridgehead atoms. The molecule has 0 unspecified atom stereocenters. The Labute approximate surface area is 228 Å². The van der Waals surface area contributed by atoms with E-state index in [4.69, 9.17) is 4.74 Å². The van der Waals surface area contributed by atoms with E-state index in [1.54, 1.807) is 72.8 Å². The number of ether oxygens (including phenoxy) is 1. The predicted molar refractivity (Wildman–Crippen MR) is 150 cm³/mol. The molecule has 38 heavy (non-hydrogen) atoms. The predicted octanol–water partition coefficient (Wildman–Crippen LogP) is 6.86. The second-order valence-electron chi connectivity index (χ2n) is 8.32. The highest BCUT2D eigenvalue weighted by Crippen LogP contribution is 2.34. The van der Waals surface area contributed by atoms with Gasteiger partial charge in [0.25, 0.3) is 15.9 Å². The molecule has 6 nitrogen and oxygen atoms in total. The standard InChI is InChI=1S/C30H20BrNO5S/c31-27-20-25(16-18-28(27)37-30(34)23-12-5-2-6-13-23)32(29(33)22-10-3-1-4-11-22)38(35,36)26-17-15-21-9-7-8-14-24(21)19-26/h1-20H. The van der Waals surface area contributed by atoms with Crippen molar-refractivity contribution >= 4 is 54.3 Å².